The molecule has 0 spiro atoms. The Hall–Kier alpha value is -0.610. The van der Waals surface area contributed by atoms with E-state index in [0.29, 0.717) is 0 Å². The van der Waals surface area contributed by atoms with Gasteiger partial charge in [-0.15, -0.1) is 0 Å². The van der Waals surface area contributed by atoms with E-state index in [1.165, 1.54) is 38.8 Å². The van der Waals surface area contributed by atoms with Crippen LogP contribution in [0.15, 0.2) is 0 Å². The number of nitrogens with zero attached hydrogens (tertiary/aromatic N) is 1. The first-order valence-electron chi connectivity index (χ1n) is 6.42. The summed E-state index contributed by atoms with van der Waals surface area (Å²) in [4.78, 5) is 13.9. The molecule has 0 bridgehead atoms. The largest absolute Gasteiger partial charge is 0.302 e. The molecule has 3 N–H and O–H groups in total. The van der Waals surface area contributed by atoms with Crippen LogP contribution in [0.4, 0.5) is 0 Å². The van der Waals surface area contributed by atoms with E-state index in [1.807, 2.05) is 6.92 Å². The molecule has 0 aliphatic heterocycles. The van der Waals surface area contributed by atoms with E-state index in [9.17, 15) is 4.79 Å². The minimum atomic E-state index is -0.0448. The lowest BCUT2D eigenvalue weighted by Gasteiger charge is -2.24. The minimum absolute atomic E-state index is 0.00231. The van der Waals surface area contributed by atoms with Crippen molar-refractivity contribution in [2.24, 2.45) is 23.6 Å². The minimum Gasteiger partial charge on any atom is -0.302 e. The number of carbonyl (C=O) groups excluding carboxylic acids is 1. The molecule has 2 rings (SSSR count). The third kappa shape index (κ3) is 3.76. The Morgan fingerprint density at radius 2 is 1.81 bits per heavy atom. The second kappa shape index (κ2) is 5.15. The zero-order chi connectivity index (χ0) is 11.5. The molecule has 2 saturated carbocycles. The van der Waals surface area contributed by atoms with Crippen molar-refractivity contribution >= 4 is 5.91 Å². The van der Waals surface area contributed by atoms with E-state index in [4.69, 9.17) is 5.84 Å². The second-order valence-corrected chi connectivity index (χ2v) is 5.51. The van der Waals surface area contributed by atoms with Gasteiger partial charge in [0.05, 0.1) is 0 Å². The monoisotopic (exact) mass is 225 g/mol. The predicted octanol–water partition coefficient (Wildman–Crippen LogP) is 0.734. The lowest BCUT2D eigenvalue weighted by atomic mass is 10.1. The van der Waals surface area contributed by atoms with Crippen molar-refractivity contribution in [1.82, 2.24) is 10.3 Å². The van der Waals surface area contributed by atoms with E-state index in [-0.39, 0.29) is 11.8 Å². The molecule has 2 aliphatic carbocycles. The lowest BCUT2D eigenvalue weighted by Crippen LogP contribution is -2.41. The van der Waals surface area contributed by atoms with Crippen LogP contribution in [0.2, 0.25) is 0 Å². The zero-order valence-corrected chi connectivity index (χ0v) is 10.1. The molecule has 0 aromatic carbocycles. The van der Waals surface area contributed by atoms with Crippen molar-refractivity contribution in [3.8, 4) is 0 Å². The van der Waals surface area contributed by atoms with Crippen LogP contribution in [-0.4, -0.2) is 30.4 Å². The number of nitrogens with one attached hydrogen (secondary N) is 1. The summed E-state index contributed by atoms with van der Waals surface area (Å²) in [6.07, 6.45) is 5.49. The Labute approximate surface area is 97.5 Å². The molecule has 1 amide bonds. The highest BCUT2D eigenvalue weighted by Crippen LogP contribution is 2.33. The van der Waals surface area contributed by atoms with Gasteiger partial charge in [0, 0.05) is 25.6 Å². The highest BCUT2D eigenvalue weighted by atomic mass is 16.2. The van der Waals surface area contributed by atoms with Crippen LogP contribution >= 0.6 is 0 Å². The van der Waals surface area contributed by atoms with Gasteiger partial charge in [-0.3, -0.25) is 10.2 Å². The van der Waals surface area contributed by atoms with Crippen molar-refractivity contribution in [2.75, 3.05) is 19.6 Å². The molecule has 0 radical (unpaired) electrons. The number of hydrogen-bond donors (Lipinski definition) is 2. The third-order valence-corrected chi connectivity index (χ3v) is 3.55. The Morgan fingerprint density at radius 1 is 1.31 bits per heavy atom. The SMILES string of the molecule is CC(CN(CC1CC1)CC1CC1)C(=O)NN. The van der Waals surface area contributed by atoms with Crippen molar-refractivity contribution in [3.05, 3.63) is 0 Å². The summed E-state index contributed by atoms with van der Waals surface area (Å²) in [5, 5.41) is 0. The summed E-state index contributed by atoms with van der Waals surface area (Å²) in [7, 11) is 0. The zero-order valence-electron chi connectivity index (χ0n) is 10.1. The summed E-state index contributed by atoms with van der Waals surface area (Å²) in [6, 6.07) is 0. The quantitative estimate of drug-likeness (QED) is 0.381. The van der Waals surface area contributed by atoms with Crippen LogP contribution in [0.25, 0.3) is 0 Å². The number of amides is 1. The molecule has 2 aliphatic rings. The second-order valence-electron chi connectivity index (χ2n) is 5.51. The molecular weight excluding hydrogens is 202 g/mol. The fourth-order valence-electron chi connectivity index (χ4n) is 2.17. The maximum Gasteiger partial charge on any atom is 0.237 e. The van der Waals surface area contributed by atoms with Crippen molar-refractivity contribution in [3.63, 3.8) is 0 Å². The summed E-state index contributed by atoms with van der Waals surface area (Å²) < 4.78 is 0. The van der Waals surface area contributed by atoms with Gasteiger partial charge in [0.2, 0.25) is 5.91 Å². The molecule has 16 heavy (non-hydrogen) atoms. The number of hydrazine groups is 1. The maximum absolute atomic E-state index is 11.4. The highest BCUT2D eigenvalue weighted by Gasteiger charge is 2.30. The van der Waals surface area contributed by atoms with Crippen LogP contribution in [0, 0.1) is 17.8 Å². The molecular formula is C12H23N3O. The van der Waals surface area contributed by atoms with Crippen LogP contribution in [-0.2, 0) is 4.79 Å². The van der Waals surface area contributed by atoms with Gasteiger partial charge in [0.1, 0.15) is 0 Å². The Morgan fingerprint density at radius 3 is 2.19 bits per heavy atom. The predicted molar refractivity (Wildman–Crippen MR) is 63.4 cm³/mol. The van der Waals surface area contributed by atoms with Crippen LogP contribution in [0.1, 0.15) is 32.6 Å². The standard InChI is InChI=1S/C12H23N3O/c1-9(12(16)14-13)6-15(7-10-2-3-10)8-11-4-5-11/h9-11H,2-8,13H2,1H3,(H,14,16). The van der Waals surface area contributed by atoms with Gasteiger partial charge in [-0.2, -0.15) is 0 Å². The Kier molecular flexibility index (Phi) is 3.82. The van der Waals surface area contributed by atoms with E-state index < -0.39 is 0 Å². The molecule has 1 unspecified atom stereocenters. The normalized spacial score (nSPS) is 22.2. The van der Waals surface area contributed by atoms with Crippen molar-refractivity contribution in [1.29, 1.82) is 0 Å². The average molecular weight is 225 g/mol. The van der Waals surface area contributed by atoms with Gasteiger partial charge >= 0.3 is 0 Å². The highest BCUT2D eigenvalue weighted by molar-refractivity contribution is 5.77. The van der Waals surface area contributed by atoms with Gasteiger partial charge in [0.15, 0.2) is 0 Å². The van der Waals surface area contributed by atoms with E-state index in [0.717, 1.165) is 18.4 Å². The first kappa shape index (κ1) is 11.9. The maximum atomic E-state index is 11.4. The first-order valence-corrected chi connectivity index (χ1v) is 6.42. The molecule has 0 aromatic rings. The van der Waals surface area contributed by atoms with Gasteiger partial charge in [-0.05, 0) is 37.5 Å². The van der Waals surface area contributed by atoms with Gasteiger partial charge in [0.25, 0.3) is 0 Å². The smallest absolute Gasteiger partial charge is 0.237 e. The fraction of sp³-hybridized carbons (Fsp3) is 0.917. The topological polar surface area (TPSA) is 58.4 Å². The molecule has 0 saturated heterocycles. The van der Waals surface area contributed by atoms with Crippen LogP contribution in [0.3, 0.4) is 0 Å². The molecule has 4 nitrogen and oxygen atoms in total. The lowest BCUT2D eigenvalue weighted by molar-refractivity contribution is -0.125. The Balaban J connectivity index is 1.76. The van der Waals surface area contributed by atoms with Gasteiger partial charge in [-0.25, -0.2) is 5.84 Å². The molecule has 0 heterocycles. The molecule has 1 atom stereocenters. The third-order valence-electron chi connectivity index (χ3n) is 3.55. The summed E-state index contributed by atoms with van der Waals surface area (Å²) >= 11 is 0. The van der Waals surface area contributed by atoms with Gasteiger partial charge in [-0.1, -0.05) is 6.92 Å². The first-order chi connectivity index (χ1) is 7.69. The molecule has 92 valence electrons. The summed E-state index contributed by atoms with van der Waals surface area (Å²) in [6.45, 7) is 5.17. The number of nitrogens with two attached hydrogens (primary N) is 1. The number of rotatable bonds is 7. The fourth-order valence-corrected chi connectivity index (χ4v) is 2.17. The molecule has 4 heteroatoms. The number of carbonyl (C=O) groups is 1. The number of hydrogen-bond acceptors (Lipinski definition) is 3. The van der Waals surface area contributed by atoms with Crippen molar-refractivity contribution in [2.45, 2.75) is 32.6 Å². The summed E-state index contributed by atoms with van der Waals surface area (Å²) in [5.74, 6) is 6.91. The molecule has 0 aromatic heterocycles. The van der Waals surface area contributed by atoms with Gasteiger partial charge < -0.3 is 4.90 Å². The van der Waals surface area contributed by atoms with E-state index >= 15 is 0 Å². The van der Waals surface area contributed by atoms with Crippen LogP contribution in [0.5, 0.6) is 0 Å². The van der Waals surface area contributed by atoms with Crippen molar-refractivity contribution < 1.29 is 4.79 Å². The Bertz CT molecular complexity index is 235. The summed E-state index contributed by atoms with van der Waals surface area (Å²) in [5.41, 5.74) is 2.24. The average Bonchev–Trinajstić information content (AvgIpc) is 3.12. The van der Waals surface area contributed by atoms with E-state index in [1.54, 1.807) is 0 Å². The van der Waals surface area contributed by atoms with Crippen LogP contribution < -0.4 is 11.3 Å². The van der Waals surface area contributed by atoms with E-state index in [2.05, 4.69) is 10.3 Å². The molecule has 2 fully saturated rings.